The van der Waals surface area contributed by atoms with Crippen LogP contribution in [-0.2, 0) is 4.74 Å². The summed E-state index contributed by atoms with van der Waals surface area (Å²) in [6.07, 6.45) is 0.390. The van der Waals surface area contributed by atoms with E-state index in [0.29, 0.717) is 26.3 Å². The second-order valence-corrected chi connectivity index (χ2v) is 4.41. The van der Waals surface area contributed by atoms with Crippen molar-refractivity contribution in [3.05, 3.63) is 0 Å². The van der Waals surface area contributed by atoms with Gasteiger partial charge in [-0.2, -0.15) is 0 Å². The summed E-state index contributed by atoms with van der Waals surface area (Å²) < 4.78 is 5.19. The van der Waals surface area contributed by atoms with Crippen LogP contribution < -0.4 is 10.6 Å². The fraction of sp³-hybridized carbons (Fsp3) is 0.900. The minimum absolute atomic E-state index is 0.112. The van der Waals surface area contributed by atoms with Crippen LogP contribution in [-0.4, -0.2) is 67.6 Å². The Balaban J connectivity index is 1.83. The molecule has 0 bridgehead atoms. The molecule has 1 unspecified atom stereocenters. The Labute approximate surface area is 94.9 Å². The van der Waals surface area contributed by atoms with Crippen molar-refractivity contribution in [3.63, 3.8) is 0 Å². The van der Waals surface area contributed by atoms with Gasteiger partial charge in [0.2, 0.25) is 0 Å². The number of β-amino-alcohol motifs (C(OH)–C–C–N with tert-alkyl or cyclic N) is 1. The lowest BCUT2D eigenvalue weighted by molar-refractivity contribution is 0.108. The van der Waals surface area contributed by atoms with E-state index >= 15 is 0 Å². The number of nitrogens with zero attached hydrogens (tertiary/aromatic N) is 1. The van der Waals surface area contributed by atoms with E-state index in [1.165, 1.54) is 0 Å². The van der Waals surface area contributed by atoms with E-state index in [9.17, 15) is 9.90 Å². The monoisotopic (exact) mass is 229 g/mol. The molecular weight excluding hydrogens is 210 g/mol. The van der Waals surface area contributed by atoms with Gasteiger partial charge in [0.15, 0.2) is 0 Å². The Hall–Kier alpha value is -0.850. The molecule has 6 nitrogen and oxygen atoms in total. The number of hydrogen-bond donors (Lipinski definition) is 3. The van der Waals surface area contributed by atoms with Gasteiger partial charge in [-0.15, -0.1) is 0 Å². The third-order valence-corrected chi connectivity index (χ3v) is 3.23. The molecule has 0 aromatic rings. The van der Waals surface area contributed by atoms with Gasteiger partial charge < -0.3 is 25.4 Å². The fourth-order valence-corrected chi connectivity index (χ4v) is 2.12. The van der Waals surface area contributed by atoms with Crippen molar-refractivity contribution in [1.82, 2.24) is 15.5 Å². The summed E-state index contributed by atoms with van der Waals surface area (Å²) in [5.74, 6) is 0. The largest absolute Gasteiger partial charge is 0.390 e. The van der Waals surface area contributed by atoms with Crippen molar-refractivity contribution < 1.29 is 14.6 Å². The third kappa shape index (κ3) is 2.45. The fourth-order valence-electron chi connectivity index (χ4n) is 2.12. The summed E-state index contributed by atoms with van der Waals surface area (Å²) >= 11 is 0. The summed E-state index contributed by atoms with van der Waals surface area (Å²) in [6.45, 7) is 2.49. The second-order valence-electron chi connectivity index (χ2n) is 4.41. The number of aliphatic hydroxyl groups is 1. The molecule has 6 heteroatoms. The topological polar surface area (TPSA) is 73.8 Å². The standard InChI is InChI=1S/C10H19N3O3/c1-13(8-4-11-5-9(8)14)10(15)12-7-2-3-16-6-7/h7-9,11,14H,2-6H2,1H3,(H,12,15)/t7?,8-,9-/m1/s1. The third-order valence-electron chi connectivity index (χ3n) is 3.23. The zero-order chi connectivity index (χ0) is 11.5. The highest BCUT2D eigenvalue weighted by Crippen LogP contribution is 2.09. The molecule has 0 radical (unpaired) electrons. The molecule has 2 saturated heterocycles. The first-order chi connectivity index (χ1) is 7.68. The number of carbonyl (C=O) groups is 1. The number of likely N-dealkylation sites (N-methyl/N-ethyl adjacent to an activating group) is 1. The lowest BCUT2D eigenvalue weighted by Gasteiger charge is -2.27. The molecule has 2 heterocycles. The molecule has 0 aromatic heterocycles. The number of urea groups is 1. The van der Waals surface area contributed by atoms with Crippen molar-refractivity contribution in [2.75, 3.05) is 33.4 Å². The van der Waals surface area contributed by atoms with Crippen molar-refractivity contribution in [1.29, 1.82) is 0 Å². The molecular formula is C10H19N3O3. The molecule has 3 atom stereocenters. The highest BCUT2D eigenvalue weighted by atomic mass is 16.5. The van der Waals surface area contributed by atoms with Crippen LogP contribution in [0, 0.1) is 0 Å². The summed E-state index contributed by atoms with van der Waals surface area (Å²) in [4.78, 5) is 13.4. The van der Waals surface area contributed by atoms with Gasteiger partial charge in [0.25, 0.3) is 0 Å². The Morgan fingerprint density at radius 2 is 2.38 bits per heavy atom. The van der Waals surface area contributed by atoms with Crippen LogP contribution in [0.25, 0.3) is 0 Å². The zero-order valence-electron chi connectivity index (χ0n) is 9.48. The Bertz CT molecular complexity index is 256. The van der Waals surface area contributed by atoms with Crippen LogP contribution in [0.4, 0.5) is 4.79 Å². The van der Waals surface area contributed by atoms with E-state index < -0.39 is 6.10 Å². The van der Waals surface area contributed by atoms with Gasteiger partial charge in [-0.3, -0.25) is 0 Å². The molecule has 0 aliphatic carbocycles. The van der Waals surface area contributed by atoms with E-state index in [2.05, 4.69) is 10.6 Å². The van der Waals surface area contributed by atoms with Gasteiger partial charge in [-0.1, -0.05) is 0 Å². The van der Waals surface area contributed by atoms with Crippen molar-refractivity contribution >= 4 is 6.03 Å². The van der Waals surface area contributed by atoms with E-state index in [1.807, 2.05) is 0 Å². The predicted octanol–water partition coefficient (Wildman–Crippen LogP) is -1.25. The van der Waals surface area contributed by atoms with Crippen LogP contribution >= 0.6 is 0 Å². The molecule has 3 N–H and O–H groups in total. The van der Waals surface area contributed by atoms with Gasteiger partial charge in [0.05, 0.1) is 24.8 Å². The highest BCUT2D eigenvalue weighted by molar-refractivity contribution is 5.74. The van der Waals surface area contributed by atoms with Crippen molar-refractivity contribution in [2.24, 2.45) is 0 Å². The Morgan fingerprint density at radius 3 is 2.94 bits per heavy atom. The van der Waals surface area contributed by atoms with Crippen LogP contribution in [0.1, 0.15) is 6.42 Å². The number of hydrogen-bond acceptors (Lipinski definition) is 4. The Morgan fingerprint density at radius 1 is 1.56 bits per heavy atom. The molecule has 16 heavy (non-hydrogen) atoms. The molecule has 0 spiro atoms. The van der Waals surface area contributed by atoms with Gasteiger partial charge in [-0.25, -0.2) is 4.79 Å². The van der Waals surface area contributed by atoms with Crippen molar-refractivity contribution in [2.45, 2.75) is 24.6 Å². The molecule has 2 aliphatic rings. The zero-order valence-corrected chi connectivity index (χ0v) is 9.48. The minimum atomic E-state index is -0.476. The highest BCUT2D eigenvalue weighted by Gasteiger charge is 2.32. The number of nitrogens with one attached hydrogen (secondary N) is 2. The summed E-state index contributed by atoms with van der Waals surface area (Å²) in [6, 6.07) is -0.160. The molecule has 2 fully saturated rings. The molecule has 2 amide bonds. The summed E-state index contributed by atoms with van der Waals surface area (Å²) in [5.41, 5.74) is 0. The molecule has 0 aromatic carbocycles. The lowest BCUT2D eigenvalue weighted by atomic mass is 10.2. The number of amides is 2. The van der Waals surface area contributed by atoms with E-state index in [-0.39, 0.29) is 18.1 Å². The van der Waals surface area contributed by atoms with Crippen LogP contribution in [0.2, 0.25) is 0 Å². The first-order valence-electron chi connectivity index (χ1n) is 5.68. The van der Waals surface area contributed by atoms with Gasteiger partial charge in [0.1, 0.15) is 0 Å². The number of aliphatic hydroxyl groups excluding tert-OH is 1. The summed E-state index contributed by atoms with van der Waals surface area (Å²) in [5, 5.41) is 15.6. The van der Waals surface area contributed by atoms with Crippen LogP contribution in [0.5, 0.6) is 0 Å². The maximum absolute atomic E-state index is 11.9. The molecule has 0 saturated carbocycles. The van der Waals surface area contributed by atoms with Gasteiger partial charge >= 0.3 is 6.03 Å². The smallest absolute Gasteiger partial charge is 0.317 e. The maximum atomic E-state index is 11.9. The van der Waals surface area contributed by atoms with Gasteiger partial charge in [-0.05, 0) is 6.42 Å². The molecule has 2 rings (SSSR count). The first kappa shape index (κ1) is 11.6. The Kier molecular flexibility index (Phi) is 3.63. The summed E-state index contributed by atoms with van der Waals surface area (Å²) in [7, 11) is 1.71. The minimum Gasteiger partial charge on any atom is -0.390 e. The second kappa shape index (κ2) is 4.99. The van der Waals surface area contributed by atoms with Crippen molar-refractivity contribution in [3.8, 4) is 0 Å². The number of rotatable bonds is 2. The average Bonchev–Trinajstić information content (AvgIpc) is 2.88. The predicted molar refractivity (Wildman–Crippen MR) is 58.2 cm³/mol. The quantitative estimate of drug-likeness (QED) is 0.553. The number of carbonyl (C=O) groups excluding carboxylic acids is 1. The molecule has 92 valence electrons. The first-order valence-corrected chi connectivity index (χ1v) is 5.68. The SMILES string of the molecule is CN(C(=O)NC1CCOC1)[C@@H]1CNC[C@H]1O. The average molecular weight is 229 g/mol. The van der Waals surface area contributed by atoms with E-state index in [1.54, 1.807) is 11.9 Å². The molecule has 2 aliphatic heterocycles. The van der Waals surface area contributed by atoms with Gasteiger partial charge in [0, 0.05) is 26.7 Å². The van der Waals surface area contributed by atoms with E-state index in [4.69, 9.17) is 4.74 Å². The van der Waals surface area contributed by atoms with Crippen LogP contribution in [0.3, 0.4) is 0 Å². The lowest BCUT2D eigenvalue weighted by Crippen LogP contribution is -2.51. The maximum Gasteiger partial charge on any atom is 0.317 e. The van der Waals surface area contributed by atoms with E-state index in [0.717, 1.165) is 6.42 Å². The normalized spacial score (nSPS) is 34.0. The van der Waals surface area contributed by atoms with Crippen LogP contribution in [0.15, 0.2) is 0 Å². The number of ether oxygens (including phenoxy) is 1.